The first-order valence-corrected chi connectivity index (χ1v) is 12.8. The molecule has 2 fully saturated rings. The van der Waals surface area contributed by atoms with Crippen molar-refractivity contribution in [2.75, 3.05) is 26.4 Å². The van der Waals surface area contributed by atoms with Gasteiger partial charge in [-0.15, -0.1) is 0 Å². The summed E-state index contributed by atoms with van der Waals surface area (Å²) in [6.07, 6.45) is 0.303. The molecule has 0 amide bonds. The maximum atomic E-state index is 12.6. The number of carbonyl (C=O) groups is 4. The molecule has 40 heavy (non-hydrogen) atoms. The van der Waals surface area contributed by atoms with Gasteiger partial charge in [0.25, 0.3) is 0 Å². The van der Waals surface area contributed by atoms with E-state index in [1.54, 1.807) is 24.3 Å². The minimum Gasteiger partial charge on any atom is -0.494 e. The number of carbonyl (C=O) groups excluding carboxylic acids is 4. The average molecular weight is 555 g/mol. The van der Waals surface area contributed by atoms with Gasteiger partial charge in [0.15, 0.2) is 12.2 Å². The zero-order valence-corrected chi connectivity index (χ0v) is 21.9. The Kier molecular flexibility index (Phi) is 9.87. The van der Waals surface area contributed by atoms with Gasteiger partial charge in [-0.25, -0.2) is 14.4 Å². The van der Waals surface area contributed by atoms with E-state index < -0.39 is 48.3 Å². The number of rotatable bonds is 12. The minimum absolute atomic E-state index is 0.131. The summed E-state index contributed by atoms with van der Waals surface area (Å²) in [5, 5.41) is 0. The molecule has 0 bridgehead atoms. The monoisotopic (exact) mass is 554 g/mol. The SMILES string of the molecule is C=CC(=O)OCCCCOc1ccc(C(=O)Oc2ccc(C(=O)O[C@H]3COC4C3OC[C@H]4OC(C)=O)cc2)cc1. The van der Waals surface area contributed by atoms with Crippen LogP contribution in [0.1, 0.15) is 40.5 Å². The molecule has 2 aliphatic heterocycles. The lowest BCUT2D eigenvalue weighted by Crippen LogP contribution is -2.35. The van der Waals surface area contributed by atoms with Crippen molar-refractivity contribution in [3.8, 4) is 11.5 Å². The van der Waals surface area contributed by atoms with Crippen molar-refractivity contribution in [2.24, 2.45) is 0 Å². The van der Waals surface area contributed by atoms with Crippen molar-refractivity contribution in [1.82, 2.24) is 0 Å². The van der Waals surface area contributed by atoms with Gasteiger partial charge in [-0.3, -0.25) is 4.79 Å². The molecule has 2 aliphatic rings. The third-order valence-corrected chi connectivity index (χ3v) is 6.15. The van der Waals surface area contributed by atoms with Crippen molar-refractivity contribution in [3.63, 3.8) is 0 Å². The van der Waals surface area contributed by atoms with Crippen molar-refractivity contribution >= 4 is 23.9 Å². The summed E-state index contributed by atoms with van der Waals surface area (Å²) in [5.74, 6) is -1.19. The molecule has 4 rings (SSSR count). The van der Waals surface area contributed by atoms with E-state index in [9.17, 15) is 19.2 Å². The fraction of sp³-hybridized carbons (Fsp3) is 0.379. The summed E-state index contributed by atoms with van der Waals surface area (Å²) >= 11 is 0. The molecule has 0 spiro atoms. The second-order valence-electron chi connectivity index (χ2n) is 9.05. The summed E-state index contributed by atoms with van der Waals surface area (Å²) in [6, 6.07) is 12.5. The highest BCUT2D eigenvalue weighted by atomic mass is 16.7. The van der Waals surface area contributed by atoms with Gasteiger partial charge >= 0.3 is 23.9 Å². The average Bonchev–Trinajstić information content (AvgIpc) is 3.53. The third kappa shape index (κ3) is 7.67. The fourth-order valence-electron chi connectivity index (χ4n) is 4.19. The Morgan fingerprint density at radius 1 is 0.800 bits per heavy atom. The molecule has 0 aliphatic carbocycles. The fourth-order valence-corrected chi connectivity index (χ4v) is 4.19. The molecule has 2 saturated heterocycles. The topological polar surface area (TPSA) is 133 Å². The summed E-state index contributed by atoms with van der Waals surface area (Å²) in [6.45, 7) is 5.68. The zero-order chi connectivity index (χ0) is 28.5. The van der Waals surface area contributed by atoms with E-state index in [1.807, 2.05) is 0 Å². The van der Waals surface area contributed by atoms with Crippen LogP contribution in [0.25, 0.3) is 0 Å². The van der Waals surface area contributed by atoms with E-state index in [4.69, 9.17) is 33.2 Å². The molecular formula is C29H30O11. The highest BCUT2D eigenvalue weighted by molar-refractivity contribution is 5.92. The summed E-state index contributed by atoms with van der Waals surface area (Å²) in [4.78, 5) is 47.4. The summed E-state index contributed by atoms with van der Waals surface area (Å²) in [5.41, 5.74) is 0.588. The van der Waals surface area contributed by atoms with Gasteiger partial charge in [-0.2, -0.15) is 0 Å². The lowest BCUT2D eigenvalue weighted by Gasteiger charge is -2.17. The molecule has 0 N–H and O–H groups in total. The standard InChI is InChI=1S/C29H30O11/c1-3-25(31)35-15-5-4-14-34-21-10-6-19(7-11-21)28(32)39-22-12-8-20(9-13-22)29(33)40-24-17-37-26-23(38-18(2)30)16-36-27(24)26/h3,6-13,23-24,26-27H,1,4-5,14-17H2,2H3/t23-,24+,26?,27?/m1/s1. The van der Waals surface area contributed by atoms with E-state index >= 15 is 0 Å². The summed E-state index contributed by atoms with van der Waals surface area (Å²) in [7, 11) is 0. The highest BCUT2D eigenvalue weighted by Gasteiger charge is 2.51. The predicted molar refractivity (Wildman–Crippen MR) is 138 cm³/mol. The molecule has 0 radical (unpaired) electrons. The molecule has 2 heterocycles. The minimum atomic E-state index is -0.635. The van der Waals surface area contributed by atoms with Crippen LogP contribution in [0.4, 0.5) is 0 Å². The first-order chi connectivity index (χ1) is 19.3. The quantitative estimate of drug-likeness (QED) is 0.126. The van der Waals surface area contributed by atoms with Crippen LogP contribution in [-0.4, -0.2) is 74.7 Å². The number of unbranched alkanes of at least 4 members (excludes halogenated alkanes) is 1. The maximum absolute atomic E-state index is 12.6. The first-order valence-electron chi connectivity index (χ1n) is 12.8. The Labute approximate surface area is 230 Å². The number of hydrogen-bond donors (Lipinski definition) is 0. The van der Waals surface area contributed by atoms with Gasteiger partial charge in [-0.05, 0) is 61.4 Å². The Bertz CT molecular complexity index is 1210. The maximum Gasteiger partial charge on any atom is 0.343 e. The molecule has 0 saturated carbocycles. The van der Waals surface area contributed by atoms with Crippen LogP contribution < -0.4 is 9.47 Å². The second-order valence-corrected chi connectivity index (χ2v) is 9.05. The zero-order valence-electron chi connectivity index (χ0n) is 21.9. The van der Waals surface area contributed by atoms with E-state index in [0.717, 1.165) is 6.08 Å². The van der Waals surface area contributed by atoms with Crippen molar-refractivity contribution in [2.45, 2.75) is 44.2 Å². The first kappa shape index (κ1) is 28.8. The Balaban J connectivity index is 1.20. The van der Waals surface area contributed by atoms with Crippen LogP contribution in [0, 0.1) is 0 Å². The van der Waals surface area contributed by atoms with Crippen LogP contribution in [0.5, 0.6) is 11.5 Å². The molecule has 2 unspecified atom stereocenters. The van der Waals surface area contributed by atoms with E-state index in [-0.39, 0.29) is 24.5 Å². The molecule has 11 heteroatoms. The molecule has 2 aromatic carbocycles. The lowest BCUT2D eigenvalue weighted by atomic mass is 10.1. The number of hydrogen-bond acceptors (Lipinski definition) is 11. The van der Waals surface area contributed by atoms with Gasteiger partial charge in [0.05, 0.1) is 37.6 Å². The normalized spacial score (nSPS) is 21.1. The molecular weight excluding hydrogens is 524 g/mol. The van der Waals surface area contributed by atoms with Gasteiger partial charge in [0, 0.05) is 13.0 Å². The van der Waals surface area contributed by atoms with Crippen LogP contribution >= 0.6 is 0 Å². The number of fused-ring (bicyclic) bond motifs is 1. The van der Waals surface area contributed by atoms with Crippen molar-refractivity contribution < 1.29 is 52.3 Å². The van der Waals surface area contributed by atoms with Crippen LogP contribution in [0.3, 0.4) is 0 Å². The second kappa shape index (κ2) is 13.7. The summed E-state index contributed by atoms with van der Waals surface area (Å²) < 4.78 is 37.9. The van der Waals surface area contributed by atoms with Gasteiger partial charge in [0.1, 0.15) is 23.7 Å². The third-order valence-electron chi connectivity index (χ3n) is 6.15. The van der Waals surface area contributed by atoms with E-state index in [1.165, 1.54) is 31.2 Å². The smallest absolute Gasteiger partial charge is 0.343 e. The van der Waals surface area contributed by atoms with E-state index in [2.05, 4.69) is 6.58 Å². The molecule has 4 atom stereocenters. The van der Waals surface area contributed by atoms with Crippen LogP contribution in [0.2, 0.25) is 0 Å². The van der Waals surface area contributed by atoms with Gasteiger partial charge in [0.2, 0.25) is 0 Å². The van der Waals surface area contributed by atoms with Crippen LogP contribution in [-0.2, 0) is 33.3 Å². The highest BCUT2D eigenvalue weighted by Crippen LogP contribution is 2.31. The van der Waals surface area contributed by atoms with Crippen molar-refractivity contribution in [3.05, 3.63) is 72.3 Å². The van der Waals surface area contributed by atoms with Crippen LogP contribution in [0.15, 0.2) is 61.2 Å². The largest absolute Gasteiger partial charge is 0.494 e. The van der Waals surface area contributed by atoms with Crippen molar-refractivity contribution in [1.29, 1.82) is 0 Å². The number of benzene rings is 2. The molecule has 0 aromatic heterocycles. The molecule has 11 nitrogen and oxygen atoms in total. The predicted octanol–water partition coefficient (Wildman–Crippen LogP) is 3.05. The Morgan fingerprint density at radius 3 is 1.95 bits per heavy atom. The van der Waals surface area contributed by atoms with E-state index in [0.29, 0.717) is 37.4 Å². The van der Waals surface area contributed by atoms with Gasteiger partial charge < -0.3 is 33.2 Å². The molecule has 212 valence electrons. The van der Waals surface area contributed by atoms with Gasteiger partial charge in [-0.1, -0.05) is 6.58 Å². The molecule has 2 aromatic rings. The Hall–Kier alpha value is -4.22. The number of esters is 4. The lowest BCUT2D eigenvalue weighted by molar-refractivity contribution is -0.151. The Morgan fingerprint density at radius 2 is 1.35 bits per heavy atom. The number of ether oxygens (including phenoxy) is 7.